The first-order valence-corrected chi connectivity index (χ1v) is 24.9. The second-order valence-corrected chi connectivity index (χ2v) is 18.3. The normalized spacial score (nSPS) is 12.7. The summed E-state index contributed by atoms with van der Waals surface area (Å²) in [7, 11) is 0. The first-order valence-electron chi connectivity index (χ1n) is 24.9. The number of hydrogen-bond donors (Lipinski definition) is 5. The Bertz CT molecular complexity index is 2820. The number of nitrogens with zero attached hydrogens (tertiary/aromatic N) is 5. The van der Waals surface area contributed by atoms with Crippen molar-refractivity contribution in [3.05, 3.63) is 160 Å². The van der Waals surface area contributed by atoms with Crippen molar-refractivity contribution in [2.24, 2.45) is 10.2 Å². The van der Waals surface area contributed by atoms with Crippen LogP contribution in [0.15, 0.2) is 132 Å². The van der Waals surface area contributed by atoms with Crippen LogP contribution in [0.4, 0.5) is 18.9 Å². The standard InChI is InChI=1S/C24H31N5O4.C18H13F3O.C16H24N2O2/c1-17(2)20-12-21(23(33)13-22(20)32)24(26-25-3)29(16-31)19-6-4-18(5-7-19)14-27-8-10-28(15-30)11-9-27;1-12-5-10-16-13(11-12)3-2-4-17(16)22-15-8-6-14(7-9-15)18(19,20)21;1-2-3-4-5-9-18-16(20)11-14-7-6-8-15(10-14)12-17-13-19/h4-7,12-13,15,17,31-33H,3,8-11,14,16H2,1-2H3;2-11H,1H3;6-8,10,13H,2-5,9,11-12H2,1H3,(H,17,19)(H,18,20)/b26-24-;;. The monoisotopic (exact) mass is 1030 g/mol. The highest BCUT2D eigenvalue weighted by molar-refractivity contribution is 6.11. The second-order valence-electron chi connectivity index (χ2n) is 18.3. The Hall–Kier alpha value is -7.76. The minimum Gasteiger partial charge on any atom is -0.508 e. The zero-order valence-corrected chi connectivity index (χ0v) is 43.0. The van der Waals surface area contributed by atoms with Crippen molar-refractivity contribution >= 4 is 47.7 Å². The Balaban J connectivity index is 0.000000217. The van der Waals surface area contributed by atoms with Gasteiger partial charge in [-0.1, -0.05) is 112 Å². The molecule has 1 aliphatic heterocycles. The predicted octanol–water partition coefficient (Wildman–Crippen LogP) is 10.4. The minimum absolute atomic E-state index is 0.00830. The summed E-state index contributed by atoms with van der Waals surface area (Å²) in [6, 6.07) is 34.6. The number of rotatable bonds is 20. The number of alkyl halides is 3. The zero-order chi connectivity index (χ0) is 54.3. The molecule has 5 N–H and O–H groups in total. The maximum Gasteiger partial charge on any atom is 0.416 e. The lowest BCUT2D eigenvalue weighted by atomic mass is 9.98. The van der Waals surface area contributed by atoms with Gasteiger partial charge in [-0.25, -0.2) is 0 Å². The summed E-state index contributed by atoms with van der Waals surface area (Å²) in [6.45, 7) is 16.2. The van der Waals surface area contributed by atoms with Crippen LogP contribution in [0, 0.1) is 6.92 Å². The number of ether oxygens (including phenoxy) is 1. The number of piperazine rings is 1. The number of anilines is 1. The molecule has 0 radical (unpaired) electrons. The van der Waals surface area contributed by atoms with Crippen LogP contribution >= 0.6 is 0 Å². The largest absolute Gasteiger partial charge is 0.508 e. The molecule has 6 aromatic carbocycles. The molecule has 0 bridgehead atoms. The van der Waals surface area contributed by atoms with E-state index in [2.05, 4.69) is 39.4 Å². The van der Waals surface area contributed by atoms with Crippen LogP contribution in [-0.2, 0) is 40.1 Å². The highest BCUT2D eigenvalue weighted by Gasteiger charge is 2.30. The van der Waals surface area contributed by atoms with E-state index < -0.39 is 18.5 Å². The molecule has 1 saturated heterocycles. The number of aryl methyl sites for hydroxylation is 1. The Morgan fingerprint density at radius 2 is 1.55 bits per heavy atom. The van der Waals surface area contributed by atoms with Crippen molar-refractivity contribution in [2.75, 3.05) is 44.4 Å². The summed E-state index contributed by atoms with van der Waals surface area (Å²) in [6.07, 6.45) is 2.26. The summed E-state index contributed by atoms with van der Waals surface area (Å²) in [5, 5.41) is 46.1. The topological polar surface area (TPSA) is 180 Å². The fraction of sp³-hybridized carbons (Fsp3) is 0.328. The quantitative estimate of drug-likeness (QED) is 0.0124. The number of carbonyl (C=O) groups is 3. The third-order valence-electron chi connectivity index (χ3n) is 12.3. The molecule has 0 aromatic heterocycles. The van der Waals surface area contributed by atoms with Gasteiger partial charge >= 0.3 is 6.18 Å². The van der Waals surface area contributed by atoms with E-state index >= 15 is 0 Å². The molecular weight excluding hydrogens is 964 g/mol. The Morgan fingerprint density at radius 1 is 0.840 bits per heavy atom. The van der Waals surface area contributed by atoms with Gasteiger partial charge in [0.25, 0.3) is 0 Å². The molecule has 0 saturated carbocycles. The number of fused-ring (bicyclic) bond motifs is 1. The summed E-state index contributed by atoms with van der Waals surface area (Å²) in [4.78, 5) is 38.5. The fourth-order valence-corrected chi connectivity index (χ4v) is 8.23. The Labute approximate surface area is 437 Å². The van der Waals surface area contributed by atoms with Crippen molar-refractivity contribution in [1.29, 1.82) is 0 Å². The Morgan fingerprint density at radius 3 is 2.19 bits per heavy atom. The number of phenols is 2. The summed E-state index contributed by atoms with van der Waals surface area (Å²) >= 11 is 0. The third-order valence-corrected chi connectivity index (χ3v) is 12.3. The number of benzene rings is 6. The van der Waals surface area contributed by atoms with E-state index in [-0.39, 0.29) is 29.2 Å². The molecule has 1 aliphatic rings. The first kappa shape index (κ1) is 58.1. The van der Waals surface area contributed by atoms with E-state index in [0.29, 0.717) is 47.7 Å². The third kappa shape index (κ3) is 18.0. The number of phenolic OH excluding ortho intramolecular Hbond substituents is 2. The second kappa shape index (κ2) is 29.2. The van der Waals surface area contributed by atoms with Gasteiger partial charge in [0.2, 0.25) is 18.7 Å². The molecule has 0 atom stereocenters. The van der Waals surface area contributed by atoms with Gasteiger partial charge in [0.1, 0.15) is 29.7 Å². The number of aliphatic hydroxyl groups is 1. The van der Waals surface area contributed by atoms with Gasteiger partial charge in [0.15, 0.2) is 5.84 Å². The number of amidine groups is 1. The zero-order valence-electron chi connectivity index (χ0n) is 43.0. The number of carbonyl (C=O) groups excluding carboxylic acids is 3. The van der Waals surface area contributed by atoms with Gasteiger partial charge in [-0.2, -0.15) is 18.3 Å². The summed E-state index contributed by atoms with van der Waals surface area (Å²) in [5.41, 5.74) is 5.16. The number of unbranched alkanes of at least 4 members (excludes halogenated alkanes) is 3. The number of aromatic hydroxyl groups is 2. The van der Waals surface area contributed by atoms with Gasteiger partial charge in [-0.05, 0) is 95.4 Å². The number of aliphatic hydroxyl groups excluding tert-OH is 1. The molecule has 0 spiro atoms. The number of amides is 3. The van der Waals surface area contributed by atoms with Crippen LogP contribution < -0.4 is 20.3 Å². The summed E-state index contributed by atoms with van der Waals surface area (Å²) in [5.74, 6) is 1.09. The molecule has 75 heavy (non-hydrogen) atoms. The van der Waals surface area contributed by atoms with Crippen molar-refractivity contribution < 1.29 is 47.6 Å². The molecule has 0 unspecified atom stereocenters. The highest BCUT2D eigenvalue weighted by Crippen LogP contribution is 2.35. The van der Waals surface area contributed by atoms with Gasteiger partial charge in [-0.15, -0.1) is 5.10 Å². The van der Waals surface area contributed by atoms with Gasteiger partial charge in [-0.3, -0.25) is 19.3 Å². The molecule has 17 heteroatoms. The maximum absolute atomic E-state index is 12.6. The number of halogens is 3. The van der Waals surface area contributed by atoms with E-state index in [9.17, 15) is 42.9 Å². The van der Waals surface area contributed by atoms with E-state index in [1.165, 1.54) is 42.4 Å². The lowest BCUT2D eigenvalue weighted by Crippen LogP contribution is -2.45. The van der Waals surface area contributed by atoms with Crippen LogP contribution in [0.3, 0.4) is 0 Å². The first-order chi connectivity index (χ1) is 36.1. The van der Waals surface area contributed by atoms with Gasteiger partial charge in [0, 0.05) is 69.7 Å². The van der Waals surface area contributed by atoms with Crippen LogP contribution in [0.1, 0.15) is 91.3 Å². The van der Waals surface area contributed by atoms with Gasteiger partial charge < -0.3 is 40.5 Å². The van der Waals surface area contributed by atoms with Crippen molar-refractivity contribution in [1.82, 2.24) is 20.4 Å². The summed E-state index contributed by atoms with van der Waals surface area (Å²) < 4.78 is 43.4. The van der Waals surface area contributed by atoms with Gasteiger partial charge in [0.05, 0.1) is 17.5 Å². The molecule has 6 aromatic rings. The highest BCUT2D eigenvalue weighted by atomic mass is 19.4. The maximum atomic E-state index is 12.6. The van der Waals surface area contributed by atoms with Crippen LogP contribution in [0.25, 0.3) is 10.8 Å². The molecular formula is C58H68F3N7O7. The lowest BCUT2D eigenvalue weighted by molar-refractivity contribution is -0.137. The fourth-order valence-electron chi connectivity index (χ4n) is 8.23. The van der Waals surface area contributed by atoms with Crippen LogP contribution in [0.5, 0.6) is 23.0 Å². The van der Waals surface area contributed by atoms with Crippen molar-refractivity contribution in [3.8, 4) is 23.0 Å². The average molecular weight is 1030 g/mol. The van der Waals surface area contributed by atoms with E-state index in [4.69, 9.17) is 4.74 Å². The minimum atomic E-state index is -4.34. The molecule has 0 aliphatic carbocycles. The van der Waals surface area contributed by atoms with Crippen LogP contribution in [-0.4, -0.2) is 95.9 Å². The van der Waals surface area contributed by atoms with E-state index in [0.717, 1.165) is 97.3 Å². The predicted molar refractivity (Wildman–Crippen MR) is 289 cm³/mol. The number of nitrogens with one attached hydrogen (secondary N) is 2. The SMILES string of the molecule is C=N/N=C(/c1cc(C(C)C)c(O)cc1O)N(CO)c1ccc(CN2CCN(C=O)CC2)cc1.CCCCCCNC(=O)Cc1cccc(CNC=O)c1.Cc1ccc2c(Oc3ccc(C(F)(F)F)cc3)cccc2c1. The molecule has 398 valence electrons. The lowest BCUT2D eigenvalue weighted by Gasteiger charge is -2.32. The molecule has 14 nitrogen and oxygen atoms in total. The average Bonchev–Trinajstić information content (AvgIpc) is 3.39. The van der Waals surface area contributed by atoms with E-state index in [1.54, 1.807) is 17.0 Å². The molecule has 7 rings (SSSR count). The molecule has 1 fully saturated rings. The Kier molecular flexibility index (Phi) is 22.6. The molecule has 3 amide bonds. The van der Waals surface area contributed by atoms with Crippen molar-refractivity contribution in [2.45, 2.75) is 85.0 Å². The molecule has 1 heterocycles. The van der Waals surface area contributed by atoms with Crippen LogP contribution in [0.2, 0.25) is 0 Å². The smallest absolute Gasteiger partial charge is 0.416 e. The number of hydrogen-bond acceptors (Lipinski definition) is 10. The van der Waals surface area contributed by atoms with Crippen molar-refractivity contribution in [3.63, 3.8) is 0 Å². The van der Waals surface area contributed by atoms with E-state index in [1.807, 2.05) is 99.6 Å².